The Morgan fingerprint density at radius 1 is 0.846 bits per heavy atom. The van der Waals surface area contributed by atoms with Crippen molar-refractivity contribution in [1.29, 1.82) is 0 Å². The van der Waals surface area contributed by atoms with E-state index in [4.69, 9.17) is 4.84 Å². The van der Waals surface area contributed by atoms with Crippen LogP contribution in [0.2, 0.25) is 0 Å². The van der Waals surface area contributed by atoms with E-state index < -0.39 is 0 Å². The summed E-state index contributed by atoms with van der Waals surface area (Å²) in [5, 5.41) is 13.4. The van der Waals surface area contributed by atoms with Crippen LogP contribution in [0, 0.1) is 0 Å². The van der Waals surface area contributed by atoms with E-state index in [-0.39, 0.29) is 0 Å². The Bertz CT molecular complexity index is 984. The van der Waals surface area contributed by atoms with Gasteiger partial charge in [-0.25, -0.2) is 4.98 Å². The van der Waals surface area contributed by atoms with Gasteiger partial charge >= 0.3 is 0 Å². The number of aromatic nitrogens is 5. The van der Waals surface area contributed by atoms with Gasteiger partial charge in [0.1, 0.15) is 0 Å². The third-order valence-corrected chi connectivity index (χ3v) is 4.13. The summed E-state index contributed by atoms with van der Waals surface area (Å²) in [5.74, 6) is 0.687. The Morgan fingerprint density at radius 2 is 1.69 bits per heavy atom. The molecule has 0 saturated carbocycles. The van der Waals surface area contributed by atoms with E-state index in [2.05, 4.69) is 44.7 Å². The summed E-state index contributed by atoms with van der Waals surface area (Å²) in [6.07, 6.45) is 2.74. The Hall–Kier alpha value is -3.28. The number of tetrazole rings is 1. The van der Waals surface area contributed by atoms with E-state index >= 15 is 0 Å². The molecule has 2 heterocycles. The van der Waals surface area contributed by atoms with Crippen LogP contribution in [0.4, 0.5) is 0 Å². The van der Waals surface area contributed by atoms with Gasteiger partial charge in [-0.15, -0.1) is 5.10 Å². The van der Waals surface area contributed by atoms with Crippen molar-refractivity contribution in [1.82, 2.24) is 25.4 Å². The van der Waals surface area contributed by atoms with Crippen LogP contribution in [0.5, 0.6) is 0 Å². The monoisotopic (exact) mass is 345 g/mol. The van der Waals surface area contributed by atoms with E-state index in [0.717, 1.165) is 35.9 Å². The Balaban J connectivity index is 1.30. The second-order valence-electron chi connectivity index (χ2n) is 6.07. The molecule has 0 spiro atoms. The van der Waals surface area contributed by atoms with E-state index in [1.54, 1.807) is 0 Å². The van der Waals surface area contributed by atoms with Gasteiger partial charge in [0.2, 0.25) is 0 Å². The third-order valence-electron chi connectivity index (χ3n) is 4.13. The number of nitrogens with zero attached hydrogens (tertiary/aromatic N) is 5. The second kappa shape index (κ2) is 7.74. The van der Waals surface area contributed by atoms with Crippen molar-refractivity contribution in [2.45, 2.75) is 25.9 Å². The van der Waals surface area contributed by atoms with Crippen molar-refractivity contribution in [3.05, 3.63) is 83.8 Å². The number of benzene rings is 2. The fourth-order valence-electron chi connectivity index (χ4n) is 2.79. The van der Waals surface area contributed by atoms with Crippen LogP contribution in [0.1, 0.15) is 23.5 Å². The summed E-state index contributed by atoms with van der Waals surface area (Å²) in [4.78, 5) is 11.3. The van der Waals surface area contributed by atoms with E-state index in [1.165, 1.54) is 10.5 Å². The van der Waals surface area contributed by atoms with Crippen LogP contribution in [0.3, 0.4) is 0 Å². The average molecular weight is 345 g/mol. The standard InChI is InChI=1S/C20H19N5O/c1-2-7-16(8-3-1)9-6-12-20-22-24-25(23-20)26-15-18-14-13-17-10-4-5-11-19(17)21-18/h1-5,7-8,10-11,13-14H,6,9,12,15H2. The number of fused-ring (bicyclic) bond motifs is 1. The van der Waals surface area contributed by atoms with Crippen molar-refractivity contribution < 1.29 is 4.84 Å². The fraction of sp³-hybridized carbons (Fsp3) is 0.200. The van der Waals surface area contributed by atoms with Crippen LogP contribution in [-0.2, 0) is 19.4 Å². The molecule has 0 fully saturated rings. The van der Waals surface area contributed by atoms with Gasteiger partial charge in [-0.3, -0.25) is 0 Å². The lowest BCUT2D eigenvalue weighted by molar-refractivity contribution is 0.0365. The minimum Gasteiger partial charge on any atom is -0.374 e. The van der Waals surface area contributed by atoms with E-state index in [0.29, 0.717) is 12.4 Å². The van der Waals surface area contributed by atoms with Crippen LogP contribution < -0.4 is 4.84 Å². The molecule has 0 radical (unpaired) electrons. The highest BCUT2D eigenvalue weighted by atomic mass is 16.7. The predicted molar refractivity (Wildman–Crippen MR) is 98.3 cm³/mol. The number of para-hydroxylation sites is 1. The lowest BCUT2D eigenvalue weighted by Gasteiger charge is -2.03. The molecule has 4 rings (SSSR count). The zero-order valence-corrected chi connectivity index (χ0v) is 14.3. The van der Waals surface area contributed by atoms with Crippen LogP contribution in [0.15, 0.2) is 66.7 Å². The first-order chi connectivity index (χ1) is 12.9. The number of pyridine rings is 1. The molecule has 0 aliphatic heterocycles. The molecule has 0 amide bonds. The van der Waals surface area contributed by atoms with Crippen LogP contribution >= 0.6 is 0 Å². The van der Waals surface area contributed by atoms with Gasteiger partial charge in [-0.05, 0) is 35.8 Å². The molecule has 2 aromatic carbocycles. The lowest BCUT2D eigenvalue weighted by atomic mass is 10.1. The number of aryl methyl sites for hydroxylation is 2. The highest BCUT2D eigenvalue weighted by Gasteiger charge is 2.05. The number of hydrogen-bond acceptors (Lipinski definition) is 5. The molecule has 6 heteroatoms. The number of rotatable bonds is 7. The predicted octanol–water partition coefficient (Wildman–Crippen LogP) is 3.03. The molecule has 0 atom stereocenters. The molecule has 0 N–H and O–H groups in total. The maximum Gasteiger partial charge on any atom is 0.178 e. The second-order valence-corrected chi connectivity index (χ2v) is 6.07. The average Bonchev–Trinajstić information content (AvgIpc) is 3.15. The molecule has 26 heavy (non-hydrogen) atoms. The SMILES string of the molecule is c1ccc(CCCc2nnn(OCc3ccc4ccccc4n3)n2)cc1. The van der Waals surface area contributed by atoms with Gasteiger partial charge in [0.15, 0.2) is 12.4 Å². The third kappa shape index (κ3) is 4.03. The summed E-state index contributed by atoms with van der Waals surface area (Å²) < 4.78 is 0. The molecule has 130 valence electrons. The topological polar surface area (TPSA) is 65.7 Å². The first-order valence-corrected chi connectivity index (χ1v) is 8.68. The number of hydrogen-bond donors (Lipinski definition) is 0. The minimum atomic E-state index is 0.296. The van der Waals surface area contributed by atoms with Crippen molar-refractivity contribution in [3.63, 3.8) is 0 Å². The summed E-state index contributed by atoms with van der Waals surface area (Å²) in [5.41, 5.74) is 3.09. The van der Waals surface area contributed by atoms with Crippen LogP contribution in [0.25, 0.3) is 10.9 Å². The zero-order valence-electron chi connectivity index (χ0n) is 14.3. The van der Waals surface area contributed by atoms with E-state index in [1.807, 2.05) is 42.5 Å². The molecule has 0 bridgehead atoms. The Morgan fingerprint density at radius 3 is 2.62 bits per heavy atom. The van der Waals surface area contributed by atoms with Gasteiger partial charge in [0.25, 0.3) is 0 Å². The highest BCUT2D eigenvalue weighted by Crippen LogP contribution is 2.11. The Kier molecular flexibility index (Phi) is 4.82. The molecule has 0 saturated heterocycles. The quantitative estimate of drug-likeness (QED) is 0.515. The summed E-state index contributed by atoms with van der Waals surface area (Å²) in [7, 11) is 0. The zero-order chi connectivity index (χ0) is 17.6. The van der Waals surface area contributed by atoms with Crippen molar-refractivity contribution >= 4 is 10.9 Å². The smallest absolute Gasteiger partial charge is 0.178 e. The van der Waals surface area contributed by atoms with Gasteiger partial charge in [-0.2, -0.15) is 0 Å². The van der Waals surface area contributed by atoms with Crippen molar-refractivity contribution in [3.8, 4) is 0 Å². The largest absolute Gasteiger partial charge is 0.374 e. The molecule has 2 aromatic heterocycles. The summed E-state index contributed by atoms with van der Waals surface area (Å²) in [6.45, 7) is 0.296. The summed E-state index contributed by atoms with van der Waals surface area (Å²) in [6, 6.07) is 22.4. The molecule has 6 nitrogen and oxygen atoms in total. The first kappa shape index (κ1) is 16.2. The Labute approximate surface area is 151 Å². The maximum absolute atomic E-state index is 5.56. The summed E-state index contributed by atoms with van der Waals surface area (Å²) >= 11 is 0. The highest BCUT2D eigenvalue weighted by molar-refractivity contribution is 5.78. The van der Waals surface area contributed by atoms with E-state index in [9.17, 15) is 0 Å². The maximum atomic E-state index is 5.56. The normalized spacial score (nSPS) is 10.9. The van der Waals surface area contributed by atoms with Gasteiger partial charge in [-0.1, -0.05) is 59.7 Å². The van der Waals surface area contributed by atoms with Gasteiger partial charge < -0.3 is 4.84 Å². The molecule has 0 aliphatic rings. The molecule has 0 aliphatic carbocycles. The molecular weight excluding hydrogens is 326 g/mol. The minimum absolute atomic E-state index is 0.296. The molecule has 0 unspecified atom stereocenters. The first-order valence-electron chi connectivity index (χ1n) is 8.68. The lowest BCUT2D eigenvalue weighted by Crippen LogP contribution is -2.15. The molecule has 4 aromatic rings. The fourth-order valence-corrected chi connectivity index (χ4v) is 2.79. The van der Waals surface area contributed by atoms with Crippen molar-refractivity contribution in [2.24, 2.45) is 0 Å². The van der Waals surface area contributed by atoms with Gasteiger partial charge in [0, 0.05) is 16.8 Å². The van der Waals surface area contributed by atoms with Gasteiger partial charge in [0.05, 0.1) is 11.2 Å². The van der Waals surface area contributed by atoms with Crippen molar-refractivity contribution in [2.75, 3.05) is 0 Å². The molecular formula is C20H19N5O. The van der Waals surface area contributed by atoms with Crippen LogP contribution in [-0.4, -0.2) is 25.4 Å².